The summed E-state index contributed by atoms with van der Waals surface area (Å²) in [5, 5.41) is 52.9. The van der Waals surface area contributed by atoms with Crippen LogP contribution in [-0.4, -0.2) is 150 Å². The molecule has 1 radical (unpaired) electrons. The molecule has 29 nitrogen and oxygen atoms in total. The molecular formula is C80H83AgBr2Cl4N3O26. The molecule has 627 valence electrons. The number of rotatable bonds is 35. The molecule has 0 aliphatic carbocycles. The normalized spacial score (nSPS) is 10.6. The van der Waals surface area contributed by atoms with Crippen LogP contribution >= 0.6 is 78.3 Å². The van der Waals surface area contributed by atoms with Crippen molar-refractivity contribution in [1.29, 1.82) is 0 Å². The number of hydrogen-bond donors (Lipinski definition) is 3. The third-order valence-corrected chi connectivity index (χ3v) is 16.7. The van der Waals surface area contributed by atoms with Crippen LogP contribution in [0.2, 0.25) is 20.1 Å². The fourth-order valence-electron chi connectivity index (χ4n) is 8.64. The molecule has 0 unspecified atom stereocenters. The summed E-state index contributed by atoms with van der Waals surface area (Å²) < 4.78 is 37.8. The van der Waals surface area contributed by atoms with E-state index in [1.165, 1.54) is 41.5 Å². The fraction of sp³-hybridized carbons (Fsp3) is 0.300. The average Bonchev–Trinajstić information content (AvgIpc) is 0.771. The molecule has 36 heteroatoms. The van der Waals surface area contributed by atoms with Crippen LogP contribution in [0.15, 0.2) is 194 Å². The van der Waals surface area contributed by atoms with Gasteiger partial charge in [0.05, 0.1) is 33.0 Å². The van der Waals surface area contributed by atoms with Gasteiger partial charge in [0.25, 0.3) is 15.3 Å². The molecule has 8 aromatic rings. The number of carboxylic acids is 1. The Bertz CT molecular complexity index is 4320. The minimum atomic E-state index is -1.50. The number of aliphatic hydroxyl groups is 1. The number of benzene rings is 8. The Labute approximate surface area is 720 Å². The van der Waals surface area contributed by atoms with Gasteiger partial charge in [0.1, 0.15) is 23.0 Å². The van der Waals surface area contributed by atoms with Gasteiger partial charge in [-0.15, -0.1) is 30.3 Å². The first-order chi connectivity index (χ1) is 54.1. The maximum Gasteiger partial charge on any atom is 0.349 e. The molecule has 0 saturated carbocycles. The van der Waals surface area contributed by atoms with E-state index < -0.39 is 61.5 Å². The van der Waals surface area contributed by atoms with Crippen LogP contribution in [-0.2, 0) is 65.4 Å². The SMILES string of the molecule is CC(C)(Oc1ccc(C(=O)c2ccc(Cl)cc2)cc1)C(=O)O.CC(C)(Oc1ccc(C(=O)c2ccc(Cl)cc2)cc1)C(=O)OCCCBr.CC(C)(Oc1ccc(C(=O)c2ccc(Cl)cc2)cc1)C(=O)OCCCO[N+](=O)[O-].CC(C)(Oc1ccc(C(=O)c2ccc(Cl)cc2)cc1)C(=O)OCCCO[N+](=O)[O-].O=[N+]([O-])O.OCCCBr.[Ag]. The van der Waals surface area contributed by atoms with Crippen molar-refractivity contribution in [3.63, 3.8) is 0 Å². The predicted octanol–water partition coefficient (Wildman–Crippen LogP) is 17.0. The van der Waals surface area contributed by atoms with E-state index >= 15 is 0 Å². The van der Waals surface area contributed by atoms with Crippen LogP contribution in [0, 0.1) is 30.3 Å². The van der Waals surface area contributed by atoms with Gasteiger partial charge in [-0.1, -0.05) is 78.3 Å². The summed E-state index contributed by atoms with van der Waals surface area (Å²) in [7, 11) is 0. The number of hydrogen-bond acceptors (Lipinski definition) is 24. The van der Waals surface area contributed by atoms with Gasteiger partial charge in [-0.05, 0) is 262 Å². The number of ketones is 4. The second kappa shape index (κ2) is 51.8. The molecule has 116 heavy (non-hydrogen) atoms. The first kappa shape index (κ1) is 102. The zero-order chi connectivity index (χ0) is 86.1. The monoisotopic (exact) mass is 1910 g/mol. The second-order valence-electron chi connectivity index (χ2n) is 25.5. The van der Waals surface area contributed by atoms with E-state index in [2.05, 4.69) is 41.5 Å². The first-order valence-electron chi connectivity index (χ1n) is 34.4. The number of aliphatic carboxylic acids is 1. The number of esters is 3. The number of carboxylic acid groups (broad SMARTS) is 1. The Morgan fingerprint density at radius 2 is 0.534 bits per heavy atom. The number of carbonyl (C=O) groups excluding carboxylic acids is 7. The molecule has 0 amide bonds. The smallest absolute Gasteiger partial charge is 0.349 e. The molecule has 0 fully saturated rings. The molecular weight excluding hydrogens is 1830 g/mol. The van der Waals surface area contributed by atoms with Gasteiger partial charge in [0.15, 0.2) is 45.5 Å². The van der Waals surface area contributed by atoms with Crippen molar-refractivity contribution in [2.24, 2.45) is 0 Å². The Morgan fingerprint density at radius 3 is 0.707 bits per heavy atom. The Balaban J connectivity index is 0.000000506. The van der Waals surface area contributed by atoms with Gasteiger partial charge < -0.3 is 58.3 Å². The molecule has 8 aromatic carbocycles. The number of halogens is 6. The van der Waals surface area contributed by atoms with Crippen LogP contribution in [0.4, 0.5) is 0 Å². The Kier molecular flexibility index (Phi) is 45.6. The Morgan fingerprint density at radius 1 is 0.345 bits per heavy atom. The molecule has 3 N–H and O–H groups in total. The maximum absolute atomic E-state index is 12.5. The van der Waals surface area contributed by atoms with Crippen molar-refractivity contribution in [1.82, 2.24) is 0 Å². The molecule has 0 aliphatic heterocycles. The summed E-state index contributed by atoms with van der Waals surface area (Å²) in [5.41, 5.74) is -0.979. The van der Waals surface area contributed by atoms with Gasteiger partial charge >= 0.3 is 23.9 Å². The zero-order valence-electron chi connectivity index (χ0n) is 63.6. The number of alkyl halides is 2. The van der Waals surface area contributed by atoms with Gasteiger partial charge in [-0.2, -0.15) is 0 Å². The fourth-order valence-corrected chi connectivity index (χ4v) is 9.63. The van der Waals surface area contributed by atoms with Crippen molar-refractivity contribution in [2.75, 3.05) is 50.3 Å². The zero-order valence-corrected chi connectivity index (χ0v) is 71.3. The van der Waals surface area contributed by atoms with Gasteiger partial charge in [-0.3, -0.25) is 19.2 Å². The van der Waals surface area contributed by atoms with E-state index in [9.17, 15) is 58.6 Å². The summed E-state index contributed by atoms with van der Waals surface area (Å²) in [6.07, 6.45) is 1.97. The maximum atomic E-state index is 12.5. The van der Waals surface area contributed by atoms with Crippen LogP contribution in [0.3, 0.4) is 0 Å². The predicted molar refractivity (Wildman–Crippen MR) is 432 cm³/mol. The molecule has 0 spiro atoms. The van der Waals surface area contributed by atoms with Crippen molar-refractivity contribution >= 4 is 125 Å². The van der Waals surface area contributed by atoms with Crippen LogP contribution < -0.4 is 18.9 Å². The first-order valence-corrected chi connectivity index (χ1v) is 38.1. The molecule has 0 aromatic heterocycles. The van der Waals surface area contributed by atoms with Gasteiger partial charge in [0.2, 0.25) is 0 Å². The van der Waals surface area contributed by atoms with E-state index in [-0.39, 0.29) is 84.8 Å². The van der Waals surface area contributed by atoms with E-state index in [1.807, 2.05) is 0 Å². The summed E-state index contributed by atoms with van der Waals surface area (Å²) in [4.78, 5) is 134. The molecule has 0 atom stereocenters. The molecule has 8 rings (SSSR count). The minimum Gasteiger partial charge on any atom is -0.478 e. The van der Waals surface area contributed by atoms with Crippen molar-refractivity contribution in [3.8, 4) is 23.0 Å². The summed E-state index contributed by atoms with van der Waals surface area (Å²) in [6.45, 7) is 12.6. The van der Waals surface area contributed by atoms with Crippen LogP contribution in [0.1, 0.15) is 145 Å². The second-order valence-corrected chi connectivity index (χ2v) is 28.8. The van der Waals surface area contributed by atoms with Gasteiger partial charge in [0, 0.05) is 117 Å². The van der Waals surface area contributed by atoms with Crippen molar-refractivity contribution in [3.05, 3.63) is 289 Å². The molecule has 0 heterocycles. The average molecular weight is 1910 g/mol. The number of aliphatic hydroxyl groups excluding tert-OH is 1. The Hall–Kier alpha value is -10.1. The van der Waals surface area contributed by atoms with Crippen LogP contribution in [0.5, 0.6) is 23.0 Å². The molecule has 0 saturated heterocycles. The number of nitrogens with zero attached hydrogens (tertiary/aromatic N) is 3. The van der Waals surface area contributed by atoms with E-state index in [4.69, 9.17) is 105 Å². The van der Waals surface area contributed by atoms with Gasteiger partial charge in [-0.25, -0.2) is 19.2 Å². The van der Waals surface area contributed by atoms with Crippen molar-refractivity contribution < 1.29 is 134 Å². The summed E-state index contributed by atoms with van der Waals surface area (Å²) in [6, 6.07) is 52.2. The number of carbonyl (C=O) groups is 8. The third-order valence-electron chi connectivity index (χ3n) is 14.6. The number of ether oxygens (including phenoxy) is 7. The summed E-state index contributed by atoms with van der Waals surface area (Å²) >= 11 is 29.7. The van der Waals surface area contributed by atoms with Crippen LogP contribution in [0.25, 0.3) is 0 Å². The van der Waals surface area contributed by atoms with Crippen molar-refractivity contribution in [2.45, 2.75) is 103 Å². The summed E-state index contributed by atoms with van der Waals surface area (Å²) in [5.74, 6) is -1.67. The quantitative estimate of drug-likeness (QED) is 0.00485. The van der Waals surface area contributed by atoms with E-state index in [1.54, 1.807) is 208 Å². The topological polar surface area (TPSA) is 410 Å². The molecule has 0 bridgehead atoms. The third kappa shape index (κ3) is 38.6. The molecule has 0 aliphatic rings. The standard InChI is InChI=1S/C20H20BrClO4.2C20H20ClNO7.C17H15ClO4.C3H7BrO.Ag.HNO3/c1-20(2,19(24)25-13-3-12-21)26-17-10-6-15(7-11-17)18(23)14-4-8-16(22)9-5-14;2*1-20(2,19(24)27-12-3-13-28-22(25)26)29-17-10-6-15(7-11-17)18(23)14-4-8-16(21)9-5-14;1-17(2,16(20)21)22-14-9-5-12(6-10-14)15(19)11-3-7-13(18)8-4-11;4-2-1-3-5;;2-1(3)4/h4-11H,3,12-13H2,1-2H3;2*4-11H,3,12-13H2,1-2H3;3-10H,1-2H3,(H,20,21);5H,1-3H2;;(H,2,3,4). The minimum absolute atomic E-state index is 0. The van der Waals surface area contributed by atoms with E-state index in [0.29, 0.717) is 101 Å². The van der Waals surface area contributed by atoms with E-state index in [0.717, 1.165) is 23.5 Å². The largest absolute Gasteiger partial charge is 0.478 e.